The van der Waals surface area contributed by atoms with Crippen LogP contribution in [0, 0.1) is 5.92 Å². The van der Waals surface area contributed by atoms with E-state index in [1.807, 2.05) is 13.8 Å². The third-order valence-electron chi connectivity index (χ3n) is 3.56. The maximum atomic E-state index is 12.1. The summed E-state index contributed by atoms with van der Waals surface area (Å²) in [5.74, 6) is -0.551. The minimum atomic E-state index is -1.22. The largest absolute Gasteiger partial charge is 0.382 e. The average Bonchev–Trinajstić information content (AvgIpc) is 2.79. The van der Waals surface area contributed by atoms with Crippen LogP contribution in [0.5, 0.6) is 0 Å². The molecule has 19 heavy (non-hydrogen) atoms. The molecule has 0 saturated carbocycles. The van der Waals surface area contributed by atoms with Crippen molar-refractivity contribution in [2.75, 3.05) is 19.6 Å². The lowest BCUT2D eigenvalue weighted by Gasteiger charge is -2.27. The van der Waals surface area contributed by atoms with Crippen molar-refractivity contribution in [3.05, 3.63) is 0 Å². The first-order chi connectivity index (χ1) is 9.01. The molecule has 1 rings (SSSR count). The van der Waals surface area contributed by atoms with Gasteiger partial charge in [-0.3, -0.25) is 9.59 Å². The second kappa shape index (κ2) is 7.45. The van der Waals surface area contributed by atoms with Gasteiger partial charge in [-0.15, -0.1) is 0 Å². The summed E-state index contributed by atoms with van der Waals surface area (Å²) < 4.78 is 0. The first-order valence-electron chi connectivity index (χ1n) is 7.01. The smallest absolute Gasteiger partial charge is 0.253 e. The van der Waals surface area contributed by atoms with Crippen LogP contribution >= 0.6 is 0 Å². The Kier molecular flexibility index (Phi) is 6.24. The van der Waals surface area contributed by atoms with E-state index in [9.17, 15) is 14.7 Å². The molecule has 0 aromatic carbocycles. The van der Waals surface area contributed by atoms with Crippen LogP contribution in [0.2, 0.25) is 0 Å². The quantitative estimate of drug-likeness (QED) is 0.579. The van der Waals surface area contributed by atoms with Crippen molar-refractivity contribution in [1.82, 2.24) is 10.2 Å². The highest BCUT2D eigenvalue weighted by atomic mass is 16.3. The van der Waals surface area contributed by atoms with E-state index in [1.54, 1.807) is 4.90 Å². The molecule has 0 bridgehead atoms. The zero-order valence-corrected chi connectivity index (χ0v) is 11.8. The summed E-state index contributed by atoms with van der Waals surface area (Å²) in [5.41, 5.74) is 5.87. The number of amides is 2. The number of aliphatic hydroxyl groups is 1. The monoisotopic (exact) mass is 271 g/mol. The molecule has 0 aliphatic carbocycles. The summed E-state index contributed by atoms with van der Waals surface area (Å²) in [6.45, 7) is 5.67. The first kappa shape index (κ1) is 15.9. The number of rotatable bonds is 7. The fourth-order valence-corrected chi connectivity index (χ4v) is 2.39. The van der Waals surface area contributed by atoms with E-state index in [-0.39, 0.29) is 17.7 Å². The number of carbonyl (C=O) groups excluding carboxylic acids is 2. The Labute approximate surface area is 114 Å². The lowest BCUT2D eigenvalue weighted by atomic mass is 9.95. The summed E-state index contributed by atoms with van der Waals surface area (Å²) in [4.78, 5) is 25.1. The van der Waals surface area contributed by atoms with Crippen molar-refractivity contribution in [2.45, 2.75) is 45.3 Å². The molecule has 6 nitrogen and oxygen atoms in total. The van der Waals surface area contributed by atoms with Gasteiger partial charge in [-0.25, -0.2) is 0 Å². The van der Waals surface area contributed by atoms with Gasteiger partial charge in [0.2, 0.25) is 5.91 Å². The van der Waals surface area contributed by atoms with Crippen molar-refractivity contribution < 1.29 is 14.7 Å². The third kappa shape index (κ3) is 4.18. The van der Waals surface area contributed by atoms with Gasteiger partial charge in [-0.05, 0) is 26.2 Å². The number of nitrogens with two attached hydrogens (primary N) is 1. The van der Waals surface area contributed by atoms with Crippen molar-refractivity contribution >= 4 is 11.8 Å². The maximum Gasteiger partial charge on any atom is 0.253 e. The second-order valence-electron chi connectivity index (χ2n) is 5.04. The van der Waals surface area contributed by atoms with Crippen LogP contribution in [0.4, 0.5) is 0 Å². The zero-order chi connectivity index (χ0) is 14.4. The van der Waals surface area contributed by atoms with E-state index in [1.165, 1.54) is 0 Å². The fraction of sp³-hybridized carbons (Fsp3) is 0.846. The number of nitrogens with zero attached hydrogens (tertiary/aromatic N) is 1. The molecular weight excluding hydrogens is 246 g/mol. The van der Waals surface area contributed by atoms with Crippen molar-refractivity contribution in [3.8, 4) is 0 Å². The molecule has 0 aromatic heterocycles. The SMILES string of the molecule is CCCN(CC)C(=O)C(O)C(N)CC1CCNC1=O. The Hall–Kier alpha value is -1.14. The zero-order valence-electron chi connectivity index (χ0n) is 11.8. The van der Waals surface area contributed by atoms with E-state index in [0.717, 1.165) is 12.8 Å². The van der Waals surface area contributed by atoms with E-state index < -0.39 is 12.1 Å². The van der Waals surface area contributed by atoms with E-state index in [2.05, 4.69) is 5.32 Å². The lowest BCUT2D eigenvalue weighted by Crippen LogP contribution is -2.49. The molecule has 2 amide bonds. The van der Waals surface area contributed by atoms with Gasteiger partial charge in [0, 0.05) is 31.6 Å². The average molecular weight is 271 g/mol. The number of carbonyl (C=O) groups is 2. The van der Waals surface area contributed by atoms with Gasteiger partial charge in [-0.1, -0.05) is 6.92 Å². The molecule has 1 fully saturated rings. The minimum Gasteiger partial charge on any atom is -0.382 e. The van der Waals surface area contributed by atoms with Gasteiger partial charge >= 0.3 is 0 Å². The van der Waals surface area contributed by atoms with E-state index >= 15 is 0 Å². The summed E-state index contributed by atoms with van der Waals surface area (Å²) >= 11 is 0. The van der Waals surface area contributed by atoms with Crippen LogP contribution < -0.4 is 11.1 Å². The van der Waals surface area contributed by atoms with E-state index in [0.29, 0.717) is 26.1 Å². The van der Waals surface area contributed by atoms with Crippen LogP contribution in [0.3, 0.4) is 0 Å². The van der Waals surface area contributed by atoms with Gasteiger partial charge in [0.1, 0.15) is 6.10 Å². The predicted octanol–water partition coefficient (Wildman–Crippen LogP) is -0.541. The number of nitrogens with one attached hydrogen (secondary N) is 1. The molecule has 3 atom stereocenters. The van der Waals surface area contributed by atoms with Crippen LogP contribution in [-0.4, -0.2) is 53.6 Å². The molecule has 0 radical (unpaired) electrons. The van der Waals surface area contributed by atoms with Gasteiger partial charge < -0.3 is 21.1 Å². The van der Waals surface area contributed by atoms with Gasteiger partial charge in [-0.2, -0.15) is 0 Å². The number of hydrogen-bond donors (Lipinski definition) is 3. The van der Waals surface area contributed by atoms with Gasteiger partial charge in [0.05, 0.1) is 0 Å². The minimum absolute atomic E-state index is 0.0315. The van der Waals surface area contributed by atoms with Crippen LogP contribution in [-0.2, 0) is 9.59 Å². The molecule has 110 valence electrons. The Morgan fingerprint density at radius 2 is 2.26 bits per heavy atom. The topological polar surface area (TPSA) is 95.7 Å². The predicted molar refractivity (Wildman–Crippen MR) is 72.3 cm³/mol. The number of aliphatic hydroxyl groups excluding tert-OH is 1. The first-order valence-corrected chi connectivity index (χ1v) is 7.01. The van der Waals surface area contributed by atoms with Gasteiger partial charge in [0.15, 0.2) is 0 Å². The molecule has 3 unspecified atom stereocenters. The van der Waals surface area contributed by atoms with Crippen LogP contribution in [0.25, 0.3) is 0 Å². The highest BCUT2D eigenvalue weighted by Gasteiger charge is 2.32. The highest BCUT2D eigenvalue weighted by Crippen LogP contribution is 2.17. The molecule has 6 heteroatoms. The fourth-order valence-electron chi connectivity index (χ4n) is 2.39. The van der Waals surface area contributed by atoms with Crippen molar-refractivity contribution in [2.24, 2.45) is 11.7 Å². The van der Waals surface area contributed by atoms with Crippen LogP contribution in [0.1, 0.15) is 33.1 Å². The van der Waals surface area contributed by atoms with Gasteiger partial charge in [0.25, 0.3) is 5.91 Å². The van der Waals surface area contributed by atoms with Crippen molar-refractivity contribution in [3.63, 3.8) is 0 Å². The molecule has 1 heterocycles. The Balaban J connectivity index is 2.52. The molecule has 1 saturated heterocycles. The molecule has 0 aromatic rings. The molecule has 0 spiro atoms. The Morgan fingerprint density at radius 3 is 2.74 bits per heavy atom. The second-order valence-corrected chi connectivity index (χ2v) is 5.04. The Bertz CT molecular complexity index is 322. The number of hydrogen-bond acceptors (Lipinski definition) is 4. The standard InChI is InChI=1S/C13H25N3O3/c1-3-7-16(4-2)13(19)11(17)10(14)8-9-5-6-15-12(9)18/h9-11,17H,3-8,14H2,1-2H3,(H,15,18). The maximum absolute atomic E-state index is 12.1. The summed E-state index contributed by atoms with van der Waals surface area (Å²) in [6, 6.07) is -0.688. The van der Waals surface area contributed by atoms with E-state index in [4.69, 9.17) is 5.73 Å². The van der Waals surface area contributed by atoms with Crippen molar-refractivity contribution in [1.29, 1.82) is 0 Å². The Morgan fingerprint density at radius 1 is 1.58 bits per heavy atom. The molecule has 1 aliphatic heterocycles. The lowest BCUT2D eigenvalue weighted by molar-refractivity contribution is -0.141. The molecule has 4 N–H and O–H groups in total. The summed E-state index contributed by atoms with van der Waals surface area (Å²) in [5, 5.41) is 12.7. The summed E-state index contributed by atoms with van der Waals surface area (Å²) in [6.07, 6.45) is 0.689. The molecule has 1 aliphatic rings. The third-order valence-corrected chi connectivity index (χ3v) is 3.56. The normalized spacial score (nSPS) is 21.9. The highest BCUT2D eigenvalue weighted by molar-refractivity contribution is 5.82. The molecular formula is C13H25N3O3. The number of likely N-dealkylation sites (N-methyl/N-ethyl adjacent to an activating group) is 1. The van der Waals surface area contributed by atoms with Crippen LogP contribution in [0.15, 0.2) is 0 Å². The summed E-state index contributed by atoms with van der Waals surface area (Å²) in [7, 11) is 0.